The smallest absolute Gasteiger partial charge is 0.396 e. The Balaban J connectivity index is 2.58. The van der Waals surface area contributed by atoms with Crippen molar-refractivity contribution in [2.24, 2.45) is 5.92 Å². The van der Waals surface area contributed by atoms with Crippen molar-refractivity contribution < 1.29 is 18.3 Å². The fourth-order valence-electron chi connectivity index (χ4n) is 1.01. The summed E-state index contributed by atoms with van der Waals surface area (Å²) in [4.78, 5) is 3.64. The molecule has 0 spiro atoms. The Kier molecular flexibility index (Phi) is 4.12. The Morgan fingerprint density at radius 1 is 1.44 bits per heavy atom. The van der Waals surface area contributed by atoms with E-state index in [1.165, 1.54) is 6.07 Å². The Morgan fingerprint density at radius 2 is 2.12 bits per heavy atom. The molecule has 1 atom stereocenters. The van der Waals surface area contributed by atoms with Crippen molar-refractivity contribution in [1.29, 1.82) is 0 Å². The van der Waals surface area contributed by atoms with Gasteiger partial charge in [-0.2, -0.15) is 13.2 Å². The minimum atomic E-state index is -4.36. The molecule has 1 heterocycles. The first kappa shape index (κ1) is 12.8. The van der Waals surface area contributed by atoms with Crippen molar-refractivity contribution in [2.75, 3.05) is 18.5 Å². The maximum Gasteiger partial charge on any atom is 0.417 e. The highest BCUT2D eigenvalue weighted by atomic mass is 19.4. The molecule has 0 aliphatic rings. The van der Waals surface area contributed by atoms with Crippen LogP contribution in [0.25, 0.3) is 0 Å². The third-order valence-electron chi connectivity index (χ3n) is 2.03. The zero-order valence-corrected chi connectivity index (χ0v) is 8.75. The number of rotatable bonds is 4. The average molecular weight is 234 g/mol. The summed E-state index contributed by atoms with van der Waals surface area (Å²) in [5, 5.41) is 11.6. The van der Waals surface area contributed by atoms with E-state index in [0.717, 1.165) is 12.3 Å². The van der Waals surface area contributed by atoms with Crippen LogP contribution in [-0.2, 0) is 6.18 Å². The largest absolute Gasteiger partial charge is 0.417 e. The second kappa shape index (κ2) is 5.16. The molecule has 1 unspecified atom stereocenters. The summed E-state index contributed by atoms with van der Waals surface area (Å²) in [7, 11) is 0. The van der Waals surface area contributed by atoms with Crippen LogP contribution in [0.1, 0.15) is 12.5 Å². The van der Waals surface area contributed by atoms with E-state index in [-0.39, 0.29) is 12.5 Å². The lowest BCUT2D eigenvalue weighted by Gasteiger charge is -2.11. The molecule has 0 fully saturated rings. The third kappa shape index (κ3) is 3.69. The number of hydrogen-bond acceptors (Lipinski definition) is 3. The van der Waals surface area contributed by atoms with Gasteiger partial charge in [0.1, 0.15) is 5.82 Å². The zero-order chi connectivity index (χ0) is 12.2. The Hall–Kier alpha value is -1.30. The van der Waals surface area contributed by atoms with Crippen LogP contribution in [-0.4, -0.2) is 23.2 Å². The second-order valence-corrected chi connectivity index (χ2v) is 3.60. The fourth-order valence-corrected chi connectivity index (χ4v) is 1.01. The molecule has 16 heavy (non-hydrogen) atoms. The van der Waals surface area contributed by atoms with Crippen LogP contribution in [0, 0.1) is 5.92 Å². The number of pyridine rings is 1. The highest BCUT2D eigenvalue weighted by molar-refractivity contribution is 5.36. The second-order valence-electron chi connectivity index (χ2n) is 3.60. The van der Waals surface area contributed by atoms with Gasteiger partial charge >= 0.3 is 6.18 Å². The molecule has 90 valence electrons. The lowest BCUT2D eigenvalue weighted by Crippen LogP contribution is -2.15. The van der Waals surface area contributed by atoms with E-state index >= 15 is 0 Å². The minimum absolute atomic E-state index is 0.0215. The summed E-state index contributed by atoms with van der Waals surface area (Å²) in [5.74, 6) is 0.400. The van der Waals surface area contributed by atoms with E-state index in [1.54, 1.807) is 0 Å². The van der Waals surface area contributed by atoms with Crippen molar-refractivity contribution in [1.82, 2.24) is 4.98 Å². The summed E-state index contributed by atoms with van der Waals surface area (Å²) >= 11 is 0. The van der Waals surface area contributed by atoms with Crippen molar-refractivity contribution >= 4 is 5.82 Å². The minimum Gasteiger partial charge on any atom is -0.396 e. The first-order valence-corrected chi connectivity index (χ1v) is 4.81. The molecule has 0 saturated carbocycles. The molecule has 0 radical (unpaired) electrons. The van der Waals surface area contributed by atoms with E-state index in [0.29, 0.717) is 12.4 Å². The van der Waals surface area contributed by atoms with E-state index in [2.05, 4.69) is 10.3 Å². The Bertz CT molecular complexity index is 324. The molecular weight excluding hydrogens is 221 g/mol. The molecule has 1 aromatic heterocycles. The van der Waals surface area contributed by atoms with Crippen LogP contribution in [0.3, 0.4) is 0 Å². The lowest BCUT2D eigenvalue weighted by molar-refractivity contribution is -0.137. The molecule has 0 aliphatic carbocycles. The van der Waals surface area contributed by atoms with Gasteiger partial charge in [0.25, 0.3) is 0 Å². The van der Waals surface area contributed by atoms with Gasteiger partial charge in [-0.25, -0.2) is 4.98 Å². The molecule has 3 nitrogen and oxygen atoms in total. The predicted molar refractivity (Wildman–Crippen MR) is 54.0 cm³/mol. The summed E-state index contributed by atoms with van der Waals surface area (Å²) in [5.41, 5.74) is -0.770. The number of alkyl halides is 3. The highest BCUT2D eigenvalue weighted by Crippen LogP contribution is 2.28. The van der Waals surface area contributed by atoms with E-state index in [4.69, 9.17) is 5.11 Å². The summed E-state index contributed by atoms with van der Waals surface area (Å²) in [6, 6.07) is 2.24. The van der Waals surface area contributed by atoms with Gasteiger partial charge in [-0.05, 0) is 18.1 Å². The van der Waals surface area contributed by atoms with E-state index in [1.807, 2.05) is 6.92 Å². The molecular formula is C10H13F3N2O. The van der Waals surface area contributed by atoms with Crippen molar-refractivity contribution in [2.45, 2.75) is 13.1 Å². The molecule has 2 N–H and O–H groups in total. The van der Waals surface area contributed by atoms with Gasteiger partial charge in [0, 0.05) is 19.3 Å². The summed E-state index contributed by atoms with van der Waals surface area (Å²) < 4.78 is 36.6. The van der Waals surface area contributed by atoms with Gasteiger partial charge < -0.3 is 10.4 Å². The number of aromatic nitrogens is 1. The molecule has 6 heteroatoms. The van der Waals surface area contributed by atoms with Crippen molar-refractivity contribution in [3.05, 3.63) is 23.9 Å². The first-order chi connectivity index (χ1) is 7.43. The average Bonchev–Trinajstić information content (AvgIpc) is 2.25. The number of nitrogens with zero attached hydrogens (tertiary/aromatic N) is 1. The number of aliphatic hydroxyl groups is 1. The van der Waals surface area contributed by atoms with Gasteiger partial charge in [0.05, 0.1) is 5.56 Å². The van der Waals surface area contributed by atoms with Crippen molar-refractivity contribution in [3.63, 3.8) is 0 Å². The maximum atomic E-state index is 12.2. The van der Waals surface area contributed by atoms with E-state index in [9.17, 15) is 13.2 Å². The van der Waals surface area contributed by atoms with Crippen LogP contribution < -0.4 is 5.32 Å². The third-order valence-corrected chi connectivity index (χ3v) is 2.03. The predicted octanol–water partition coefficient (Wildman–Crippen LogP) is 2.14. The van der Waals surface area contributed by atoms with Crippen LogP contribution in [0.5, 0.6) is 0 Å². The molecule has 0 aromatic carbocycles. The Morgan fingerprint density at radius 3 is 2.56 bits per heavy atom. The quantitative estimate of drug-likeness (QED) is 0.839. The zero-order valence-electron chi connectivity index (χ0n) is 8.75. The van der Waals surface area contributed by atoms with Gasteiger partial charge in [-0.1, -0.05) is 6.92 Å². The number of anilines is 1. The van der Waals surface area contributed by atoms with Crippen LogP contribution in [0.15, 0.2) is 18.3 Å². The molecule has 0 bridgehead atoms. The van der Waals surface area contributed by atoms with Gasteiger partial charge in [-0.3, -0.25) is 0 Å². The normalized spacial score (nSPS) is 13.6. The first-order valence-electron chi connectivity index (χ1n) is 4.81. The Labute approximate surface area is 91.3 Å². The number of halogens is 3. The van der Waals surface area contributed by atoms with E-state index < -0.39 is 11.7 Å². The van der Waals surface area contributed by atoms with Crippen LogP contribution in [0.4, 0.5) is 19.0 Å². The molecule has 1 rings (SSSR count). The maximum absolute atomic E-state index is 12.2. The van der Waals surface area contributed by atoms with Crippen LogP contribution in [0.2, 0.25) is 0 Å². The van der Waals surface area contributed by atoms with Crippen LogP contribution >= 0.6 is 0 Å². The molecule has 0 amide bonds. The van der Waals surface area contributed by atoms with Gasteiger partial charge in [0.2, 0.25) is 0 Å². The topological polar surface area (TPSA) is 45.1 Å². The van der Waals surface area contributed by atoms with Crippen molar-refractivity contribution in [3.8, 4) is 0 Å². The summed E-state index contributed by atoms with van der Waals surface area (Å²) in [6.07, 6.45) is -3.57. The monoisotopic (exact) mass is 234 g/mol. The molecule has 1 aromatic rings. The number of hydrogen-bond donors (Lipinski definition) is 2. The lowest BCUT2D eigenvalue weighted by atomic mass is 10.2. The van der Waals surface area contributed by atoms with Gasteiger partial charge in [-0.15, -0.1) is 0 Å². The fraction of sp³-hybridized carbons (Fsp3) is 0.500. The SMILES string of the molecule is CC(CO)CNc1ccc(C(F)(F)F)cn1. The molecule has 0 aliphatic heterocycles. The standard InChI is InChI=1S/C10H13F3N2O/c1-7(6-16)4-14-9-3-2-8(5-15-9)10(11,12)13/h2-3,5,7,16H,4,6H2,1H3,(H,14,15). The number of aliphatic hydroxyl groups excluding tert-OH is 1. The van der Waals surface area contributed by atoms with Gasteiger partial charge in [0.15, 0.2) is 0 Å². The highest BCUT2D eigenvalue weighted by Gasteiger charge is 2.30. The molecule has 0 saturated heterocycles. The number of nitrogens with one attached hydrogen (secondary N) is 1. The summed E-state index contributed by atoms with van der Waals surface area (Å²) in [6.45, 7) is 2.31.